The van der Waals surface area contributed by atoms with Gasteiger partial charge in [-0.05, 0) is 32.0 Å². The molecule has 0 unspecified atom stereocenters. The van der Waals surface area contributed by atoms with E-state index in [9.17, 15) is 14.4 Å². The van der Waals surface area contributed by atoms with Crippen LogP contribution in [0.25, 0.3) is 0 Å². The molecule has 0 aliphatic carbocycles. The summed E-state index contributed by atoms with van der Waals surface area (Å²) >= 11 is 0. The fraction of sp³-hybridized carbons (Fsp3) is 0.438. The molecule has 1 rings (SSSR count). The van der Waals surface area contributed by atoms with Crippen LogP contribution in [0.3, 0.4) is 0 Å². The summed E-state index contributed by atoms with van der Waals surface area (Å²) in [7, 11) is 0. The monoisotopic (exact) mass is 306 g/mol. The molecular formula is C16H22N2O4. The summed E-state index contributed by atoms with van der Waals surface area (Å²) in [5, 5.41) is 11.5. The maximum Gasteiger partial charge on any atom is 0.305 e. The molecule has 6 heteroatoms. The van der Waals surface area contributed by atoms with Gasteiger partial charge in [0.25, 0.3) is 5.91 Å². The van der Waals surface area contributed by atoms with Gasteiger partial charge in [-0.3, -0.25) is 14.4 Å². The zero-order valence-electron chi connectivity index (χ0n) is 13.1. The lowest BCUT2D eigenvalue weighted by atomic mass is 10.1. The van der Waals surface area contributed by atoms with E-state index in [1.165, 1.54) is 4.90 Å². The van der Waals surface area contributed by atoms with Gasteiger partial charge in [0.1, 0.15) is 0 Å². The first-order valence-corrected chi connectivity index (χ1v) is 7.27. The summed E-state index contributed by atoms with van der Waals surface area (Å²) in [6.45, 7) is 5.57. The minimum atomic E-state index is -0.942. The van der Waals surface area contributed by atoms with E-state index >= 15 is 0 Å². The van der Waals surface area contributed by atoms with Crippen LogP contribution in [0.4, 0.5) is 5.69 Å². The van der Waals surface area contributed by atoms with E-state index < -0.39 is 5.97 Å². The highest BCUT2D eigenvalue weighted by Gasteiger charge is 2.19. The molecule has 0 heterocycles. The standard InChI is InChI=1S/C16H22N2O4/c1-4-14(19)17-13-7-5-6-12(10-13)16(22)18(11(2)3)9-8-15(20)21/h5-7,10-11H,4,8-9H2,1-3H3,(H,17,19)(H,20,21). The van der Waals surface area contributed by atoms with Gasteiger partial charge >= 0.3 is 5.97 Å². The Bertz CT molecular complexity index is 555. The Hall–Kier alpha value is -2.37. The van der Waals surface area contributed by atoms with Crippen molar-refractivity contribution in [2.24, 2.45) is 0 Å². The average molecular weight is 306 g/mol. The molecule has 22 heavy (non-hydrogen) atoms. The molecule has 0 aliphatic rings. The number of nitrogens with one attached hydrogen (secondary N) is 1. The van der Waals surface area contributed by atoms with Crippen LogP contribution in [0.2, 0.25) is 0 Å². The normalized spacial score (nSPS) is 10.4. The van der Waals surface area contributed by atoms with Crippen LogP contribution in [0.5, 0.6) is 0 Å². The number of carboxylic acids is 1. The van der Waals surface area contributed by atoms with Gasteiger partial charge in [0, 0.05) is 30.3 Å². The highest BCUT2D eigenvalue weighted by atomic mass is 16.4. The molecule has 2 N–H and O–H groups in total. The van der Waals surface area contributed by atoms with Crippen molar-refractivity contribution < 1.29 is 19.5 Å². The van der Waals surface area contributed by atoms with Gasteiger partial charge in [0.2, 0.25) is 5.91 Å². The van der Waals surface area contributed by atoms with E-state index in [0.717, 1.165) is 0 Å². The third-order valence-electron chi connectivity index (χ3n) is 3.17. The maximum atomic E-state index is 12.5. The number of carbonyl (C=O) groups excluding carboxylic acids is 2. The first-order chi connectivity index (χ1) is 10.3. The molecule has 0 aromatic heterocycles. The number of aliphatic carboxylic acids is 1. The van der Waals surface area contributed by atoms with Gasteiger partial charge < -0.3 is 15.3 Å². The molecule has 0 radical (unpaired) electrons. The van der Waals surface area contributed by atoms with Gasteiger partial charge in [0.05, 0.1) is 6.42 Å². The van der Waals surface area contributed by atoms with Crippen molar-refractivity contribution >= 4 is 23.5 Å². The number of benzene rings is 1. The number of carbonyl (C=O) groups is 3. The van der Waals surface area contributed by atoms with Crippen molar-refractivity contribution in [1.82, 2.24) is 4.90 Å². The van der Waals surface area contributed by atoms with E-state index in [1.54, 1.807) is 31.2 Å². The lowest BCUT2D eigenvalue weighted by Crippen LogP contribution is -2.38. The zero-order valence-corrected chi connectivity index (χ0v) is 13.1. The Morgan fingerprint density at radius 1 is 1.27 bits per heavy atom. The first-order valence-electron chi connectivity index (χ1n) is 7.27. The molecule has 1 aromatic carbocycles. The van der Waals surface area contributed by atoms with Crippen molar-refractivity contribution in [3.63, 3.8) is 0 Å². The Labute approximate surface area is 130 Å². The Kier molecular flexibility index (Phi) is 6.56. The van der Waals surface area contributed by atoms with Crippen LogP contribution in [-0.2, 0) is 9.59 Å². The number of hydrogen-bond acceptors (Lipinski definition) is 3. The number of hydrogen-bond donors (Lipinski definition) is 2. The number of carboxylic acid groups (broad SMARTS) is 1. The molecule has 2 amide bonds. The molecule has 0 bridgehead atoms. The second-order valence-electron chi connectivity index (χ2n) is 5.22. The van der Waals surface area contributed by atoms with E-state index in [2.05, 4.69) is 5.32 Å². The van der Waals surface area contributed by atoms with Gasteiger partial charge in [-0.2, -0.15) is 0 Å². The number of rotatable bonds is 7. The fourth-order valence-electron chi connectivity index (χ4n) is 1.96. The topological polar surface area (TPSA) is 86.7 Å². The van der Waals surface area contributed by atoms with Crippen LogP contribution >= 0.6 is 0 Å². The maximum absolute atomic E-state index is 12.5. The van der Waals surface area contributed by atoms with Crippen LogP contribution < -0.4 is 5.32 Å². The molecule has 0 saturated heterocycles. The molecule has 0 fully saturated rings. The Balaban J connectivity index is 2.91. The van der Waals surface area contributed by atoms with Crippen molar-refractivity contribution in [3.05, 3.63) is 29.8 Å². The molecule has 0 aliphatic heterocycles. The zero-order chi connectivity index (χ0) is 16.7. The van der Waals surface area contributed by atoms with Gasteiger partial charge in [-0.1, -0.05) is 13.0 Å². The van der Waals surface area contributed by atoms with E-state index in [-0.39, 0.29) is 30.8 Å². The summed E-state index contributed by atoms with van der Waals surface area (Å²) in [6, 6.07) is 6.54. The lowest BCUT2D eigenvalue weighted by Gasteiger charge is -2.26. The van der Waals surface area contributed by atoms with E-state index in [0.29, 0.717) is 17.7 Å². The quantitative estimate of drug-likeness (QED) is 0.809. The number of amides is 2. The second kappa shape index (κ2) is 8.17. The van der Waals surface area contributed by atoms with Crippen molar-refractivity contribution in [2.45, 2.75) is 39.7 Å². The van der Waals surface area contributed by atoms with Crippen LogP contribution in [-0.4, -0.2) is 40.4 Å². The third-order valence-corrected chi connectivity index (χ3v) is 3.17. The smallest absolute Gasteiger partial charge is 0.305 e. The fourth-order valence-corrected chi connectivity index (χ4v) is 1.96. The van der Waals surface area contributed by atoms with E-state index in [4.69, 9.17) is 5.11 Å². The number of anilines is 1. The lowest BCUT2D eigenvalue weighted by molar-refractivity contribution is -0.137. The third kappa shape index (κ3) is 5.20. The van der Waals surface area contributed by atoms with Gasteiger partial charge in [-0.25, -0.2) is 0 Å². The van der Waals surface area contributed by atoms with Crippen molar-refractivity contribution in [1.29, 1.82) is 0 Å². The van der Waals surface area contributed by atoms with Crippen LogP contribution in [0, 0.1) is 0 Å². The molecule has 0 atom stereocenters. The van der Waals surface area contributed by atoms with Crippen molar-refractivity contribution in [2.75, 3.05) is 11.9 Å². The molecule has 0 spiro atoms. The Morgan fingerprint density at radius 3 is 2.50 bits per heavy atom. The molecule has 1 aromatic rings. The summed E-state index contributed by atoms with van der Waals surface area (Å²) in [6.07, 6.45) is 0.255. The Morgan fingerprint density at radius 2 is 1.95 bits per heavy atom. The highest BCUT2D eigenvalue weighted by molar-refractivity contribution is 5.97. The SMILES string of the molecule is CCC(=O)Nc1cccc(C(=O)N(CCC(=O)O)C(C)C)c1. The summed E-state index contributed by atoms with van der Waals surface area (Å²) < 4.78 is 0. The average Bonchev–Trinajstić information content (AvgIpc) is 2.46. The first kappa shape index (κ1) is 17.7. The molecule has 0 saturated carbocycles. The number of nitrogens with zero attached hydrogens (tertiary/aromatic N) is 1. The van der Waals surface area contributed by atoms with Gasteiger partial charge in [0.15, 0.2) is 0 Å². The largest absolute Gasteiger partial charge is 0.481 e. The highest BCUT2D eigenvalue weighted by Crippen LogP contribution is 2.15. The van der Waals surface area contributed by atoms with Crippen LogP contribution in [0.1, 0.15) is 44.0 Å². The summed E-state index contributed by atoms with van der Waals surface area (Å²) in [4.78, 5) is 36.2. The second-order valence-corrected chi connectivity index (χ2v) is 5.22. The van der Waals surface area contributed by atoms with Gasteiger partial charge in [-0.15, -0.1) is 0 Å². The minimum absolute atomic E-state index is 0.101. The predicted octanol–water partition coefficient (Wildman–Crippen LogP) is 2.36. The summed E-state index contributed by atoms with van der Waals surface area (Å²) in [5.41, 5.74) is 0.979. The van der Waals surface area contributed by atoms with Crippen LogP contribution in [0.15, 0.2) is 24.3 Å². The molecular weight excluding hydrogens is 284 g/mol. The predicted molar refractivity (Wildman–Crippen MR) is 83.8 cm³/mol. The minimum Gasteiger partial charge on any atom is -0.481 e. The molecule has 6 nitrogen and oxygen atoms in total. The summed E-state index contributed by atoms with van der Waals surface area (Å²) in [5.74, 6) is -1.32. The van der Waals surface area contributed by atoms with Crippen molar-refractivity contribution in [3.8, 4) is 0 Å². The molecule has 120 valence electrons. The van der Waals surface area contributed by atoms with E-state index in [1.807, 2.05) is 13.8 Å².